The average molecular weight is 326 g/mol. The molecule has 1 amide bonds. The molecule has 0 aliphatic carbocycles. The van der Waals surface area contributed by atoms with Gasteiger partial charge in [0, 0.05) is 39.1 Å². The van der Waals surface area contributed by atoms with Crippen molar-refractivity contribution in [3.8, 4) is 0 Å². The number of amides is 1. The Labute approximate surface area is 142 Å². The molecule has 2 aromatic carbocycles. The molecule has 0 unspecified atom stereocenters. The number of hydrogen-bond donors (Lipinski definition) is 0. The van der Waals surface area contributed by atoms with Gasteiger partial charge in [0.05, 0.1) is 0 Å². The summed E-state index contributed by atoms with van der Waals surface area (Å²) >= 11 is 0. The van der Waals surface area contributed by atoms with Crippen LogP contribution in [0.3, 0.4) is 0 Å². The minimum Gasteiger partial charge on any atom is -0.340 e. The van der Waals surface area contributed by atoms with Crippen LogP contribution in [-0.4, -0.2) is 41.9 Å². The summed E-state index contributed by atoms with van der Waals surface area (Å²) in [5.41, 5.74) is 2.32. The molecule has 1 fully saturated rings. The van der Waals surface area contributed by atoms with Gasteiger partial charge in [0.25, 0.3) is 0 Å². The van der Waals surface area contributed by atoms with Gasteiger partial charge in [-0.25, -0.2) is 4.39 Å². The molecule has 1 heterocycles. The smallest absolute Gasteiger partial charge is 0.222 e. The number of nitrogens with zero attached hydrogens (tertiary/aromatic N) is 2. The van der Waals surface area contributed by atoms with E-state index in [1.165, 1.54) is 17.7 Å². The molecule has 0 radical (unpaired) electrons. The van der Waals surface area contributed by atoms with E-state index in [2.05, 4.69) is 29.2 Å². The molecule has 3 nitrogen and oxygen atoms in total. The van der Waals surface area contributed by atoms with Gasteiger partial charge in [-0.05, 0) is 29.7 Å². The zero-order chi connectivity index (χ0) is 16.8. The van der Waals surface area contributed by atoms with E-state index < -0.39 is 0 Å². The molecule has 0 spiro atoms. The van der Waals surface area contributed by atoms with Crippen LogP contribution < -0.4 is 0 Å². The summed E-state index contributed by atoms with van der Waals surface area (Å²) in [5.74, 6) is -0.0432. The van der Waals surface area contributed by atoms with Gasteiger partial charge in [0.2, 0.25) is 5.91 Å². The lowest BCUT2D eigenvalue weighted by atomic mass is 10.1. The fourth-order valence-electron chi connectivity index (χ4n) is 3.06. The molecule has 1 saturated heterocycles. The maximum Gasteiger partial charge on any atom is 0.222 e. The normalized spacial score (nSPS) is 15.5. The SMILES string of the molecule is O=C(CCc1ccc(F)cc1)N1CCN(Cc2ccccc2)CC1. The molecule has 0 saturated carbocycles. The number of hydrogen-bond acceptors (Lipinski definition) is 2. The molecule has 1 aliphatic heterocycles. The minimum atomic E-state index is -0.236. The Kier molecular flexibility index (Phi) is 5.59. The van der Waals surface area contributed by atoms with E-state index in [-0.39, 0.29) is 11.7 Å². The maximum absolute atomic E-state index is 12.9. The highest BCUT2D eigenvalue weighted by Gasteiger charge is 2.20. The molecule has 4 heteroatoms. The van der Waals surface area contributed by atoms with Gasteiger partial charge in [0.1, 0.15) is 5.82 Å². The highest BCUT2D eigenvalue weighted by atomic mass is 19.1. The summed E-state index contributed by atoms with van der Waals surface area (Å²) in [7, 11) is 0. The molecule has 24 heavy (non-hydrogen) atoms. The second-order valence-electron chi connectivity index (χ2n) is 6.27. The minimum absolute atomic E-state index is 0.193. The highest BCUT2D eigenvalue weighted by molar-refractivity contribution is 5.76. The van der Waals surface area contributed by atoms with Crippen LogP contribution in [0.25, 0.3) is 0 Å². The van der Waals surface area contributed by atoms with Crippen molar-refractivity contribution in [1.82, 2.24) is 9.80 Å². The van der Waals surface area contributed by atoms with Crippen molar-refractivity contribution in [2.24, 2.45) is 0 Å². The number of piperazine rings is 1. The van der Waals surface area contributed by atoms with Crippen LogP contribution in [-0.2, 0) is 17.8 Å². The first kappa shape index (κ1) is 16.7. The van der Waals surface area contributed by atoms with E-state index >= 15 is 0 Å². The van der Waals surface area contributed by atoms with Crippen molar-refractivity contribution in [2.45, 2.75) is 19.4 Å². The third-order valence-electron chi connectivity index (χ3n) is 4.51. The molecular weight excluding hydrogens is 303 g/mol. The molecule has 1 aliphatic rings. The van der Waals surface area contributed by atoms with E-state index in [1.807, 2.05) is 11.0 Å². The summed E-state index contributed by atoms with van der Waals surface area (Å²) < 4.78 is 12.9. The number of halogens is 1. The number of rotatable bonds is 5. The topological polar surface area (TPSA) is 23.6 Å². The Morgan fingerprint density at radius 1 is 0.875 bits per heavy atom. The predicted molar refractivity (Wildman–Crippen MR) is 93.0 cm³/mol. The van der Waals surface area contributed by atoms with E-state index in [0.29, 0.717) is 12.8 Å². The van der Waals surface area contributed by atoms with E-state index in [9.17, 15) is 9.18 Å². The van der Waals surface area contributed by atoms with Crippen LogP contribution in [0.4, 0.5) is 4.39 Å². The van der Waals surface area contributed by atoms with Crippen LogP contribution >= 0.6 is 0 Å². The van der Waals surface area contributed by atoms with Crippen LogP contribution in [0, 0.1) is 5.82 Å². The molecule has 3 rings (SSSR count). The van der Waals surface area contributed by atoms with Gasteiger partial charge in [0.15, 0.2) is 0 Å². The Hall–Kier alpha value is -2.20. The second-order valence-corrected chi connectivity index (χ2v) is 6.27. The Balaban J connectivity index is 1.42. The quantitative estimate of drug-likeness (QED) is 0.843. The monoisotopic (exact) mass is 326 g/mol. The molecule has 0 atom stereocenters. The summed E-state index contributed by atoms with van der Waals surface area (Å²) in [6, 6.07) is 16.8. The second kappa shape index (κ2) is 8.06. The Morgan fingerprint density at radius 2 is 1.54 bits per heavy atom. The first-order valence-corrected chi connectivity index (χ1v) is 8.49. The van der Waals surface area contributed by atoms with Crippen LogP contribution in [0.15, 0.2) is 54.6 Å². The van der Waals surface area contributed by atoms with Crippen LogP contribution in [0.2, 0.25) is 0 Å². The van der Waals surface area contributed by atoms with Crippen molar-refractivity contribution >= 4 is 5.91 Å². The standard InChI is InChI=1S/C20H23FN2O/c21-19-9-6-17(7-10-19)8-11-20(24)23-14-12-22(13-15-23)16-18-4-2-1-3-5-18/h1-7,9-10H,8,11-16H2. The van der Waals surface area contributed by atoms with Gasteiger partial charge in [-0.1, -0.05) is 42.5 Å². The molecule has 0 bridgehead atoms. The van der Waals surface area contributed by atoms with Crippen LogP contribution in [0.1, 0.15) is 17.5 Å². The number of benzene rings is 2. The van der Waals surface area contributed by atoms with Crippen LogP contribution in [0.5, 0.6) is 0 Å². The average Bonchev–Trinajstić information content (AvgIpc) is 2.62. The van der Waals surface area contributed by atoms with Gasteiger partial charge >= 0.3 is 0 Å². The van der Waals surface area contributed by atoms with Gasteiger partial charge in [-0.2, -0.15) is 0 Å². The number of carbonyl (C=O) groups is 1. The largest absolute Gasteiger partial charge is 0.340 e. The number of aryl methyl sites for hydroxylation is 1. The lowest BCUT2D eigenvalue weighted by molar-refractivity contribution is -0.133. The summed E-state index contributed by atoms with van der Waals surface area (Å²) in [5, 5.41) is 0. The summed E-state index contributed by atoms with van der Waals surface area (Å²) in [4.78, 5) is 16.7. The molecule has 0 aromatic heterocycles. The summed E-state index contributed by atoms with van der Waals surface area (Å²) in [6.07, 6.45) is 1.16. The fraction of sp³-hybridized carbons (Fsp3) is 0.350. The van der Waals surface area contributed by atoms with Crippen molar-refractivity contribution in [1.29, 1.82) is 0 Å². The summed E-state index contributed by atoms with van der Waals surface area (Å²) in [6.45, 7) is 4.34. The van der Waals surface area contributed by atoms with Crippen molar-refractivity contribution < 1.29 is 9.18 Å². The highest BCUT2D eigenvalue weighted by Crippen LogP contribution is 2.11. The van der Waals surface area contributed by atoms with Gasteiger partial charge in [-0.3, -0.25) is 9.69 Å². The fourth-order valence-corrected chi connectivity index (χ4v) is 3.06. The Morgan fingerprint density at radius 3 is 2.21 bits per heavy atom. The third-order valence-corrected chi connectivity index (χ3v) is 4.51. The van der Waals surface area contributed by atoms with Gasteiger partial charge < -0.3 is 4.90 Å². The number of carbonyl (C=O) groups excluding carboxylic acids is 1. The zero-order valence-corrected chi connectivity index (χ0v) is 13.8. The van der Waals surface area contributed by atoms with Crippen molar-refractivity contribution in [3.05, 3.63) is 71.5 Å². The molecule has 2 aromatic rings. The molecule has 0 N–H and O–H groups in total. The van der Waals surface area contributed by atoms with E-state index in [1.54, 1.807) is 12.1 Å². The lowest BCUT2D eigenvalue weighted by Gasteiger charge is -2.34. The van der Waals surface area contributed by atoms with E-state index in [0.717, 1.165) is 38.3 Å². The predicted octanol–water partition coefficient (Wildman–Crippen LogP) is 3.10. The third kappa shape index (κ3) is 4.65. The van der Waals surface area contributed by atoms with Gasteiger partial charge in [-0.15, -0.1) is 0 Å². The first-order chi connectivity index (χ1) is 11.7. The first-order valence-electron chi connectivity index (χ1n) is 8.49. The van der Waals surface area contributed by atoms with E-state index in [4.69, 9.17) is 0 Å². The zero-order valence-electron chi connectivity index (χ0n) is 13.8. The lowest BCUT2D eigenvalue weighted by Crippen LogP contribution is -2.48. The maximum atomic E-state index is 12.9. The Bertz CT molecular complexity index is 649. The molecular formula is C20H23FN2O. The van der Waals surface area contributed by atoms with Crippen molar-refractivity contribution in [3.63, 3.8) is 0 Å². The van der Waals surface area contributed by atoms with Crippen molar-refractivity contribution in [2.75, 3.05) is 26.2 Å². The molecule has 126 valence electrons.